The second-order valence-electron chi connectivity index (χ2n) is 3.98. The summed E-state index contributed by atoms with van der Waals surface area (Å²) in [6, 6.07) is 4.01. The number of carbonyl (C=O) groups excluding carboxylic acids is 1. The molecule has 0 radical (unpaired) electrons. The van der Waals surface area contributed by atoms with Crippen LogP contribution in [0.1, 0.15) is 33.8 Å². The third-order valence-corrected chi connectivity index (χ3v) is 3.90. The Morgan fingerprint density at radius 2 is 2.29 bits per heavy atom. The van der Waals surface area contributed by atoms with Gasteiger partial charge in [-0.3, -0.25) is 4.79 Å². The lowest BCUT2D eigenvalue weighted by molar-refractivity contribution is 0.0917. The van der Waals surface area contributed by atoms with Gasteiger partial charge in [0.15, 0.2) is 5.78 Å². The van der Waals surface area contributed by atoms with Crippen LogP contribution in [0, 0.1) is 12.8 Å². The van der Waals surface area contributed by atoms with Crippen LogP contribution in [0.2, 0.25) is 0 Å². The predicted octanol–water partition coefficient (Wildman–Crippen LogP) is 2.37. The fourth-order valence-corrected chi connectivity index (χ4v) is 2.93. The highest BCUT2D eigenvalue weighted by molar-refractivity contribution is 7.14. The van der Waals surface area contributed by atoms with Crippen molar-refractivity contribution < 1.29 is 4.79 Å². The minimum Gasteiger partial charge on any atom is -0.327 e. The number of ketones is 1. The van der Waals surface area contributed by atoms with E-state index < -0.39 is 0 Å². The number of Topliss-reactive ketones (excluding diaryl/α,β-unsaturated/α-hetero) is 1. The van der Waals surface area contributed by atoms with Gasteiger partial charge in [-0.2, -0.15) is 0 Å². The number of hydrogen-bond acceptors (Lipinski definition) is 3. The molecule has 0 aromatic carbocycles. The summed E-state index contributed by atoms with van der Waals surface area (Å²) in [4.78, 5) is 14.1. The van der Waals surface area contributed by atoms with E-state index >= 15 is 0 Å². The van der Waals surface area contributed by atoms with Crippen LogP contribution in [0.3, 0.4) is 0 Å². The van der Waals surface area contributed by atoms with Gasteiger partial charge in [-0.25, -0.2) is 0 Å². The van der Waals surface area contributed by atoms with Gasteiger partial charge < -0.3 is 5.73 Å². The summed E-state index contributed by atoms with van der Waals surface area (Å²) in [6.45, 7) is 2.02. The number of carbonyl (C=O) groups is 1. The monoisotopic (exact) mass is 209 g/mol. The molecule has 0 spiro atoms. The zero-order chi connectivity index (χ0) is 10.1. The molecular weight excluding hydrogens is 194 g/mol. The normalized spacial score (nSPS) is 26.7. The quantitative estimate of drug-likeness (QED) is 0.760. The molecule has 1 aromatic rings. The van der Waals surface area contributed by atoms with Crippen molar-refractivity contribution in [2.24, 2.45) is 11.7 Å². The van der Waals surface area contributed by atoms with Crippen LogP contribution in [0.4, 0.5) is 0 Å². The molecule has 1 saturated carbocycles. The van der Waals surface area contributed by atoms with Gasteiger partial charge >= 0.3 is 0 Å². The fraction of sp³-hybridized carbons (Fsp3) is 0.545. The third-order valence-electron chi connectivity index (χ3n) is 2.89. The SMILES string of the molecule is Cc1ccc(C(=O)C2CCCC2N)s1. The highest BCUT2D eigenvalue weighted by Gasteiger charge is 2.31. The Labute approximate surface area is 88.1 Å². The van der Waals surface area contributed by atoms with Crippen molar-refractivity contribution in [1.29, 1.82) is 0 Å². The lowest BCUT2D eigenvalue weighted by Crippen LogP contribution is -2.30. The summed E-state index contributed by atoms with van der Waals surface area (Å²) in [5, 5.41) is 0. The Morgan fingerprint density at radius 3 is 2.79 bits per heavy atom. The molecule has 2 rings (SSSR count). The smallest absolute Gasteiger partial charge is 0.177 e. The zero-order valence-electron chi connectivity index (χ0n) is 8.32. The van der Waals surface area contributed by atoms with Crippen LogP contribution in [0.5, 0.6) is 0 Å². The molecule has 3 heteroatoms. The Hall–Kier alpha value is -0.670. The molecule has 1 fully saturated rings. The van der Waals surface area contributed by atoms with E-state index in [0.29, 0.717) is 0 Å². The van der Waals surface area contributed by atoms with Crippen molar-refractivity contribution in [3.05, 3.63) is 21.9 Å². The van der Waals surface area contributed by atoms with Gasteiger partial charge in [0.05, 0.1) is 4.88 Å². The van der Waals surface area contributed by atoms with E-state index in [2.05, 4.69) is 0 Å². The highest BCUT2D eigenvalue weighted by Crippen LogP contribution is 2.29. The molecule has 1 aliphatic rings. The summed E-state index contributed by atoms with van der Waals surface area (Å²) < 4.78 is 0. The topological polar surface area (TPSA) is 43.1 Å². The van der Waals surface area contributed by atoms with Gasteiger partial charge in [-0.15, -0.1) is 11.3 Å². The molecule has 1 heterocycles. The average Bonchev–Trinajstić information content (AvgIpc) is 2.73. The van der Waals surface area contributed by atoms with E-state index in [4.69, 9.17) is 5.73 Å². The van der Waals surface area contributed by atoms with E-state index in [1.807, 2.05) is 19.1 Å². The number of nitrogens with two attached hydrogens (primary N) is 1. The minimum absolute atomic E-state index is 0.0769. The summed E-state index contributed by atoms with van der Waals surface area (Å²) in [5.74, 6) is 0.334. The first kappa shape index (κ1) is 9.87. The molecular formula is C11H15NOS. The van der Waals surface area contributed by atoms with Crippen LogP contribution >= 0.6 is 11.3 Å². The van der Waals surface area contributed by atoms with Gasteiger partial charge in [0, 0.05) is 16.8 Å². The van der Waals surface area contributed by atoms with Crippen LogP contribution in [-0.2, 0) is 0 Å². The molecule has 2 nitrogen and oxygen atoms in total. The lowest BCUT2D eigenvalue weighted by atomic mass is 9.98. The van der Waals surface area contributed by atoms with Crippen LogP contribution < -0.4 is 5.73 Å². The number of aryl methyl sites for hydroxylation is 1. The molecule has 0 amide bonds. The van der Waals surface area contributed by atoms with Crippen molar-refractivity contribution in [3.63, 3.8) is 0 Å². The Kier molecular flexibility index (Phi) is 2.70. The van der Waals surface area contributed by atoms with E-state index in [-0.39, 0.29) is 17.7 Å². The largest absolute Gasteiger partial charge is 0.327 e. The van der Waals surface area contributed by atoms with E-state index in [0.717, 1.165) is 24.1 Å². The Morgan fingerprint density at radius 1 is 1.50 bits per heavy atom. The summed E-state index contributed by atoms with van der Waals surface area (Å²) in [6.07, 6.45) is 3.07. The van der Waals surface area contributed by atoms with E-state index in [1.54, 1.807) is 11.3 Å². The molecule has 0 aliphatic heterocycles. The molecule has 2 atom stereocenters. The van der Waals surface area contributed by atoms with E-state index in [1.165, 1.54) is 4.88 Å². The lowest BCUT2D eigenvalue weighted by Gasteiger charge is -2.12. The second kappa shape index (κ2) is 3.83. The molecule has 2 unspecified atom stereocenters. The van der Waals surface area contributed by atoms with Gasteiger partial charge in [-0.1, -0.05) is 6.42 Å². The van der Waals surface area contributed by atoms with Crippen molar-refractivity contribution in [2.75, 3.05) is 0 Å². The van der Waals surface area contributed by atoms with Crippen LogP contribution in [0.15, 0.2) is 12.1 Å². The van der Waals surface area contributed by atoms with Crippen molar-refractivity contribution >= 4 is 17.1 Å². The Bertz CT molecular complexity index is 345. The number of thiophene rings is 1. The van der Waals surface area contributed by atoms with Crippen molar-refractivity contribution in [1.82, 2.24) is 0 Å². The third kappa shape index (κ3) is 1.74. The van der Waals surface area contributed by atoms with Crippen LogP contribution in [0.25, 0.3) is 0 Å². The molecule has 14 heavy (non-hydrogen) atoms. The molecule has 76 valence electrons. The maximum Gasteiger partial charge on any atom is 0.177 e. The molecule has 1 aliphatic carbocycles. The van der Waals surface area contributed by atoms with Gasteiger partial charge in [0.25, 0.3) is 0 Å². The summed E-state index contributed by atoms with van der Waals surface area (Å²) >= 11 is 1.58. The second-order valence-corrected chi connectivity index (χ2v) is 5.26. The number of rotatable bonds is 2. The van der Waals surface area contributed by atoms with Crippen molar-refractivity contribution in [3.8, 4) is 0 Å². The summed E-state index contributed by atoms with van der Waals surface area (Å²) in [5.41, 5.74) is 5.91. The van der Waals surface area contributed by atoms with Crippen LogP contribution in [-0.4, -0.2) is 11.8 Å². The average molecular weight is 209 g/mol. The first-order valence-electron chi connectivity index (χ1n) is 5.04. The maximum absolute atomic E-state index is 12.0. The van der Waals surface area contributed by atoms with Gasteiger partial charge in [-0.05, 0) is 31.9 Å². The van der Waals surface area contributed by atoms with Crippen molar-refractivity contribution in [2.45, 2.75) is 32.2 Å². The fourth-order valence-electron chi connectivity index (χ4n) is 2.06. The maximum atomic E-state index is 12.0. The first-order valence-corrected chi connectivity index (χ1v) is 5.86. The standard InChI is InChI=1S/C11H15NOS/c1-7-5-6-10(14-7)11(13)8-3-2-4-9(8)12/h5-6,8-9H,2-4,12H2,1H3. The minimum atomic E-state index is 0.0769. The Balaban J connectivity index is 2.15. The molecule has 0 saturated heterocycles. The molecule has 1 aromatic heterocycles. The highest BCUT2D eigenvalue weighted by atomic mass is 32.1. The first-order chi connectivity index (χ1) is 6.68. The predicted molar refractivity (Wildman–Crippen MR) is 58.7 cm³/mol. The summed E-state index contributed by atoms with van der Waals surface area (Å²) in [7, 11) is 0. The zero-order valence-corrected chi connectivity index (χ0v) is 9.14. The molecule has 0 bridgehead atoms. The van der Waals surface area contributed by atoms with E-state index in [9.17, 15) is 4.79 Å². The molecule has 2 N–H and O–H groups in total. The van der Waals surface area contributed by atoms with Gasteiger partial charge in [0.2, 0.25) is 0 Å². The van der Waals surface area contributed by atoms with Gasteiger partial charge in [0.1, 0.15) is 0 Å². The number of hydrogen-bond donors (Lipinski definition) is 1.